The zero-order valence-electron chi connectivity index (χ0n) is 11.6. The second-order valence-electron chi connectivity index (χ2n) is 4.73. The average molecular weight is 299 g/mol. The SMILES string of the molecule is CCOC(=O)C(NCc1cnc(N)s1)C1CCOCC1. The molecule has 1 fully saturated rings. The molecule has 0 radical (unpaired) electrons. The van der Waals surface area contributed by atoms with Crippen molar-refractivity contribution in [2.45, 2.75) is 32.4 Å². The molecule has 1 unspecified atom stereocenters. The number of nitrogens with one attached hydrogen (secondary N) is 1. The van der Waals surface area contributed by atoms with Crippen molar-refractivity contribution in [3.8, 4) is 0 Å². The van der Waals surface area contributed by atoms with Gasteiger partial charge >= 0.3 is 5.97 Å². The fourth-order valence-electron chi connectivity index (χ4n) is 2.34. The average Bonchev–Trinajstić information content (AvgIpc) is 2.86. The van der Waals surface area contributed by atoms with Gasteiger partial charge in [0.25, 0.3) is 0 Å². The van der Waals surface area contributed by atoms with Gasteiger partial charge in [0.1, 0.15) is 6.04 Å². The Morgan fingerprint density at radius 3 is 3.00 bits per heavy atom. The van der Waals surface area contributed by atoms with Gasteiger partial charge in [0.2, 0.25) is 0 Å². The molecule has 112 valence electrons. The highest BCUT2D eigenvalue weighted by atomic mass is 32.1. The van der Waals surface area contributed by atoms with Crippen LogP contribution in [-0.4, -0.2) is 36.8 Å². The van der Waals surface area contributed by atoms with Gasteiger partial charge in [0, 0.05) is 30.8 Å². The van der Waals surface area contributed by atoms with Crippen LogP contribution in [-0.2, 0) is 20.8 Å². The summed E-state index contributed by atoms with van der Waals surface area (Å²) < 4.78 is 10.5. The molecule has 0 aromatic carbocycles. The minimum Gasteiger partial charge on any atom is -0.465 e. The van der Waals surface area contributed by atoms with Crippen LogP contribution in [0.25, 0.3) is 0 Å². The molecule has 6 nitrogen and oxygen atoms in total. The number of carbonyl (C=O) groups excluding carboxylic acids is 1. The van der Waals surface area contributed by atoms with Gasteiger partial charge in [0.05, 0.1) is 6.61 Å². The monoisotopic (exact) mass is 299 g/mol. The van der Waals surface area contributed by atoms with Gasteiger partial charge in [-0.15, -0.1) is 11.3 Å². The number of ether oxygens (including phenoxy) is 2. The molecule has 1 atom stereocenters. The lowest BCUT2D eigenvalue weighted by atomic mass is 9.91. The highest BCUT2D eigenvalue weighted by molar-refractivity contribution is 7.15. The molecule has 20 heavy (non-hydrogen) atoms. The smallest absolute Gasteiger partial charge is 0.323 e. The van der Waals surface area contributed by atoms with E-state index in [1.807, 2.05) is 6.92 Å². The van der Waals surface area contributed by atoms with E-state index in [9.17, 15) is 4.79 Å². The highest BCUT2D eigenvalue weighted by Gasteiger charge is 2.30. The minimum absolute atomic E-state index is 0.183. The number of hydrogen-bond acceptors (Lipinski definition) is 7. The Balaban J connectivity index is 1.95. The maximum atomic E-state index is 12.1. The fraction of sp³-hybridized carbons (Fsp3) is 0.692. The van der Waals surface area contributed by atoms with Crippen LogP contribution < -0.4 is 11.1 Å². The molecule has 1 aromatic rings. The second-order valence-corrected chi connectivity index (χ2v) is 5.87. The molecule has 0 aliphatic carbocycles. The molecule has 0 bridgehead atoms. The Hall–Kier alpha value is -1.18. The Morgan fingerprint density at radius 1 is 1.65 bits per heavy atom. The van der Waals surface area contributed by atoms with Gasteiger partial charge < -0.3 is 15.2 Å². The Kier molecular flexibility index (Phi) is 5.75. The minimum atomic E-state index is -0.290. The van der Waals surface area contributed by atoms with Gasteiger partial charge in [-0.05, 0) is 25.7 Å². The van der Waals surface area contributed by atoms with E-state index in [4.69, 9.17) is 15.2 Å². The van der Waals surface area contributed by atoms with Crippen LogP contribution in [0, 0.1) is 5.92 Å². The van der Waals surface area contributed by atoms with E-state index >= 15 is 0 Å². The van der Waals surface area contributed by atoms with Crippen LogP contribution in [0.2, 0.25) is 0 Å². The number of anilines is 1. The maximum Gasteiger partial charge on any atom is 0.323 e. The van der Waals surface area contributed by atoms with Gasteiger partial charge in [-0.2, -0.15) is 0 Å². The predicted molar refractivity (Wildman–Crippen MR) is 77.3 cm³/mol. The number of rotatable bonds is 6. The van der Waals surface area contributed by atoms with E-state index in [1.54, 1.807) is 6.20 Å². The van der Waals surface area contributed by atoms with Crippen LogP contribution in [0.15, 0.2) is 6.20 Å². The van der Waals surface area contributed by atoms with E-state index in [2.05, 4.69) is 10.3 Å². The number of aromatic nitrogens is 1. The predicted octanol–water partition coefficient (Wildman–Crippen LogP) is 1.17. The van der Waals surface area contributed by atoms with Crippen molar-refractivity contribution in [3.63, 3.8) is 0 Å². The molecule has 1 aliphatic rings. The highest BCUT2D eigenvalue weighted by Crippen LogP contribution is 2.21. The summed E-state index contributed by atoms with van der Waals surface area (Å²) in [5.74, 6) is 0.0740. The van der Waals surface area contributed by atoms with Gasteiger partial charge in [-0.25, -0.2) is 4.98 Å². The molecule has 1 saturated heterocycles. The molecule has 2 rings (SSSR count). The number of nitrogen functional groups attached to an aromatic ring is 1. The Bertz CT molecular complexity index is 432. The number of esters is 1. The van der Waals surface area contributed by atoms with E-state index in [0.29, 0.717) is 31.5 Å². The second kappa shape index (κ2) is 7.56. The molecule has 1 aliphatic heterocycles. The largest absolute Gasteiger partial charge is 0.465 e. The Morgan fingerprint density at radius 2 is 2.40 bits per heavy atom. The lowest BCUT2D eigenvalue weighted by molar-refractivity contribution is -0.148. The first kappa shape index (κ1) is 15.2. The summed E-state index contributed by atoms with van der Waals surface area (Å²) in [6.45, 7) is 4.21. The third-order valence-electron chi connectivity index (χ3n) is 3.35. The van der Waals surface area contributed by atoms with Crippen molar-refractivity contribution < 1.29 is 14.3 Å². The lowest BCUT2D eigenvalue weighted by Gasteiger charge is -2.29. The molecule has 0 amide bonds. The van der Waals surface area contributed by atoms with Crippen LogP contribution in [0.4, 0.5) is 5.13 Å². The van der Waals surface area contributed by atoms with Crippen LogP contribution in [0.3, 0.4) is 0 Å². The number of hydrogen-bond donors (Lipinski definition) is 2. The molecule has 1 aromatic heterocycles. The summed E-state index contributed by atoms with van der Waals surface area (Å²) in [6, 6.07) is -0.290. The number of nitrogens with two attached hydrogens (primary N) is 1. The van der Waals surface area contributed by atoms with Gasteiger partial charge in [-0.3, -0.25) is 10.1 Å². The van der Waals surface area contributed by atoms with Crippen molar-refractivity contribution in [2.75, 3.05) is 25.6 Å². The van der Waals surface area contributed by atoms with Crippen LogP contribution in [0.1, 0.15) is 24.6 Å². The third kappa shape index (κ3) is 4.16. The fourth-order valence-corrected chi connectivity index (χ4v) is 2.97. The zero-order chi connectivity index (χ0) is 14.4. The van der Waals surface area contributed by atoms with Crippen molar-refractivity contribution >= 4 is 22.4 Å². The standard InChI is InChI=1S/C13H21N3O3S/c1-2-19-12(17)11(9-3-5-18-6-4-9)15-7-10-8-16-13(14)20-10/h8-9,11,15H,2-7H2,1H3,(H2,14,16). The van der Waals surface area contributed by atoms with Crippen molar-refractivity contribution in [1.29, 1.82) is 0 Å². The van der Waals surface area contributed by atoms with Gasteiger partial charge in [-0.1, -0.05) is 0 Å². The molecule has 3 N–H and O–H groups in total. The summed E-state index contributed by atoms with van der Waals surface area (Å²) in [4.78, 5) is 17.1. The van der Waals surface area contributed by atoms with Gasteiger partial charge in [0.15, 0.2) is 5.13 Å². The maximum absolute atomic E-state index is 12.1. The van der Waals surface area contributed by atoms with Crippen LogP contribution >= 0.6 is 11.3 Å². The van der Waals surface area contributed by atoms with Crippen LogP contribution in [0.5, 0.6) is 0 Å². The molecule has 7 heteroatoms. The number of carbonyl (C=O) groups is 1. The Labute approximate surface area is 122 Å². The normalized spacial score (nSPS) is 17.9. The first-order chi connectivity index (χ1) is 9.70. The summed E-state index contributed by atoms with van der Waals surface area (Å²) in [5.41, 5.74) is 5.61. The van der Waals surface area contributed by atoms with E-state index in [-0.39, 0.29) is 17.9 Å². The third-order valence-corrected chi connectivity index (χ3v) is 4.17. The van der Waals surface area contributed by atoms with E-state index in [1.165, 1.54) is 11.3 Å². The summed E-state index contributed by atoms with van der Waals surface area (Å²) in [5, 5.41) is 3.83. The summed E-state index contributed by atoms with van der Waals surface area (Å²) >= 11 is 1.43. The van der Waals surface area contributed by atoms with E-state index < -0.39 is 0 Å². The van der Waals surface area contributed by atoms with Crippen molar-refractivity contribution in [2.24, 2.45) is 5.92 Å². The first-order valence-corrected chi connectivity index (χ1v) is 7.70. The molecule has 0 spiro atoms. The summed E-state index contributed by atoms with van der Waals surface area (Å²) in [7, 11) is 0. The zero-order valence-corrected chi connectivity index (χ0v) is 12.4. The van der Waals surface area contributed by atoms with E-state index in [0.717, 1.165) is 17.7 Å². The molecule has 0 saturated carbocycles. The number of thiazole rings is 1. The molecular weight excluding hydrogens is 278 g/mol. The quantitative estimate of drug-likeness (QED) is 0.767. The first-order valence-electron chi connectivity index (χ1n) is 6.88. The summed E-state index contributed by atoms with van der Waals surface area (Å²) in [6.07, 6.45) is 3.49. The topological polar surface area (TPSA) is 86.5 Å². The van der Waals surface area contributed by atoms with Crippen molar-refractivity contribution in [1.82, 2.24) is 10.3 Å². The number of nitrogens with zero attached hydrogens (tertiary/aromatic N) is 1. The molecular formula is C13H21N3O3S. The molecule has 2 heterocycles. The lowest BCUT2D eigenvalue weighted by Crippen LogP contribution is -2.45. The van der Waals surface area contributed by atoms with Crippen molar-refractivity contribution in [3.05, 3.63) is 11.1 Å².